The van der Waals surface area contributed by atoms with Crippen molar-refractivity contribution in [3.63, 3.8) is 0 Å². The van der Waals surface area contributed by atoms with Gasteiger partial charge in [-0.2, -0.15) is 0 Å². The Hall–Kier alpha value is -2.92. The van der Waals surface area contributed by atoms with Gasteiger partial charge in [-0.15, -0.1) is 0 Å². The SMILES string of the molecule is CCOC(=O)c1cc(CN(CC)CC)c2cccc(-c3c(C)cc(C)cc3C)n2c1=O. The van der Waals surface area contributed by atoms with Gasteiger partial charge in [-0.1, -0.05) is 37.6 Å². The molecule has 5 nitrogen and oxygen atoms in total. The molecule has 0 aliphatic rings. The van der Waals surface area contributed by atoms with E-state index in [1.807, 2.05) is 18.2 Å². The van der Waals surface area contributed by atoms with Crippen LogP contribution >= 0.6 is 0 Å². The van der Waals surface area contributed by atoms with E-state index in [4.69, 9.17) is 4.74 Å². The average Bonchev–Trinajstić information content (AvgIpc) is 2.72. The van der Waals surface area contributed by atoms with E-state index in [2.05, 4.69) is 51.7 Å². The monoisotopic (exact) mass is 420 g/mol. The molecule has 0 amide bonds. The highest BCUT2D eigenvalue weighted by Gasteiger charge is 2.20. The molecule has 0 atom stereocenters. The Bertz CT molecular complexity index is 1150. The molecule has 2 heterocycles. The van der Waals surface area contributed by atoms with Crippen molar-refractivity contribution in [3.05, 3.63) is 74.6 Å². The van der Waals surface area contributed by atoms with Crippen LogP contribution in [0.15, 0.2) is 41.2 Å². The molecule has 1 aromatic carbocycles. The van der Waals surface area contributed by atoms with Gasteiger partial charge in [-0.3, -0.25) is 14.1 Å². The fourth-order valence-corrected chi connectivity index (χ4v) is 4.36. The van der Waals surface area contributed by atoms with E-state index in [1.165, 1.54) is 5.56 Å². The number of hydrogen-bond donors (Lipinski definition) is 0. The molecule has 164 valence electrons. The summed E-state index contributed by atoms with van der Waals surface area (Å²) in [5.74, 6) is -0.574. The van der Waals surface area contributed by atoms with E-state index in [0.29, 0.717) is 6.54 Å². The number of aromatic nitrogens is 1. The fraction of sp³-hybridized carbons (Fsp3) is 0.385. The minimum atomic E-state index is -0.574. The number of aryl methyl sites for hydroxylation is 3. The summed E-state index contributed by atoms with van der Waals surface area (Å²) in [5.41, 5.74) is 6.70. The van der Waals surface area contributed by atoms with Crippen molar-refractivity contribution in [2.75, 3.05) is 19.7 Å². The highest BCUT2D eigenvalue weighted by Crippen LogP contribution is 2.29. The van der Waals surface area contributed by atoms with Crippen LogP contribution in [0.25, 0.3) is 16.8 Å². The molecule has 0 spiro atoms. The molecule has 0 fully saturated rings. The third-order valence-corrected chi connectivity index (χ3v) is 5.79. The predicted molar refractivity (Wildman–Crippen MR) is 126 cm³/mol. The lowest BCUT2D eigenvalue weighted by molar-refractivity contribution is 0.0524. The smallest absolute Gasteiger partial charge is 0.343 e. The van der Waals surface area contributed by atoms with Crippen molar-refractivity contribution >= 4 is 11.5 Å². The quantitative estimate of drug-likeness (QED) is 0.510. The molecule has 0 aliphatic heterocycles. The third kappa shape index (κ3) is 4.42. The van der Waals surface area contributed by atoms with Crippen LogP contribution < -0.4 is 5.56 Å². The second kappa shape index (κ2) is 9.48. The van der Waals surface area contributed by atoms with Gasteiger partial charge in [0.2, 0.25) is 0 Å². The van der Waals surface area contributed by atoms with E-state index in [-0.39, 0.29) is 17.7 Å². The molecular formula is C26H32N2O3. The molecule has 2 aromatic heterocycles. The van der Waals surface area contributed by atoms with Crippen molar-refractivity contribution < 1.29 is 9.53 Å². The van der Waals surface area contributed by atoms with Crippen molar-refractivity contribution in [2.45, 2.75) is 48.1 Å². The van der Waals surface area contributed by atoms with Gasteiger partial charge in [0.1, 0.15) is 5.56 Å². The number of carbonyl (C=O) groups is 1. The number of pyridine rings is 2. The van der Waals surface area contributed by atoms with E-state index >= 15 is 0 Å². The van der Waals surface area contributed by atoms with Gasteiger partial charge in [0, 0.05) is 12.1 Å². The standard InChI is InChI=1S/C26H32N2O3/c1-7-27(8-2)16-20-15-21(26(30)31-9-3)25(29)28-22(20)11-10-12-23(28)24-18(5)13-17(4)14-19(24)6/h10-15H,7-9,16H2,1-6H3. The summed E-state index contributed by atoms with van der Waals surface area (Å²) in [4.78, 5) is 28.5. The number of nitrogens with zero attached hydrogens (tertiary/aromatic N) is 2. The lowest BCUT2D eigenvalue weighted by Gasteiger charge is -2.21. The maximum Gasteiger partial charge on any atom is 0.343 e. The van der Waals surface area contributed by atoms with E-state index < -0.39 is 5.97 Å². The maximum absolute atomic E-state index is 13.6. The topological polar surface area (TPSA) is 51.0 Å². The minimum Gasteiger partial charge on any atom is -0.462 e. The number of ether oxygens (including phenoxy) is 1. The van der Waals surface area contributed by atoms with E-state index in [0.717, 1.165) is 46.6 Å². The Morgan fingerprint density at radius 2 is 1.65 bits per heavy atom. The molecule has 3 aromatic rings. The van der Waals surface area contributed by atoms with Gasteiger partial charge in [0.15, 0.2) is 0 Å². The minimum absolute atomic E-state index is 0.0800. The van der Waals surface area contributed by atoms with Gasteiger partial charge in [0.25, 0.3) is 5.56 Å². The zero-order valence-electron chi connectivity index (χ0n) is 19.4. The predicted octanol–water partition coefficient (Wildman–Crippen LogP) is 4.91. The molecule has 0 unspecified atom stereocenters. The van der Waals surface area contributed by atoms with E-state index in [9.17, 15) is 9.59 Å². The first kappa shape index (κ1) is 22.8. The van der Waals surface area contributed by atoms with Crippen LogP contribution in [-0.4, -0.2) is 35.0 Å². The van der Waals surface area contributed by atoms with Crippen LogP contribution in [0.5, 0.6) is 0 Å². The highest BCUT2D eigenvalue weighted by molar-refractivity contribution is 5.90. The fourth-order valence-electron chi connectivity index (χ4n) is 4.36. The summed E-state index contributed by atoms with van der Waals surface area (Å²) in [7, 11) is 0. The number of esters is 1. The summed E-state index contributed by atoms with van der Waals surface area (Å²) >= 11 is 0. The van der Waals surface area contributed by atoms with Crippen LogP contribution in [0.1, 0.15) is 53.4 Å². The summed E-state index contributed by atoms with van der Waals surface area (Å²) in [6.45, 7) is 14.8. The summed E-state index contributed by atoms with van der Waals surface area (Å²) in [5, 5.41) is 0. The lowest BCUT2D eigenvalue weighted by atomic mass is 9.96. The second-order valence-electron chi connectivity index (χ2n) is 7.98. The summed E-state index contributed by atoms with van der Waals surface area (Å²) < 4.78 is 6.90. The molecular weight excluding hydrogens is 388 g/mol. The van der Waals surface area contributed by atoms with Crippen molar-refractivity contribution in [2.24, 2.45) is 0 Å². The Kier molecular flexibility index (Phi) is 6.96. The van der Waals surface area contributed by atoms with Gasteiger partial charge in [-0.25, -0.2) is 4.79 Å². The number of carbonyl (C=O) groups excluding carboxylic acids is 1. The van der Waals surface area contributed by atoms with Gasteiger partial charge >= 0.3 is 5.97 Å². The van der Waals surface area contributed by atoms with Crippen LogP contribution in [0, 0.1) is 20.8 Å². The molecule has 3 rings (SSSR count). The van der Waals surface area contributed by atoms with E-state index in [1.54, 1.807) is 17.4 Å². The van der Waals surface area contributed by atoms with Crippen LogP contribution in [0.4, 0.5) is 0 Å². The first-order valence-electron chi connectivity index (χ1n) is 11.0. The van der Waals surface area contributed by atoms with Gasteiger partial charge < -0.3 is 4.74 Å². The summed E-state index contributed by atoms with van der Waals surface area (Å²) in [6.07, 6.45) is 0. The Balaban J connectivity index is 2.40. The Labute approximate surface area is 184 Å². The molecule has 5 heteroatoms. The average molecular weight is 421 g/mol. The number of benzene rings is 1. The third-order valence-electron chi connectivity index (χ3n) is 5.79. The Morgan fingerprint density at radius 1 is 1.00 bits per heavy atom. The largest absolute Gasteiger partial charge is 0.462 e. The highest BCUT2D eigenvalue weighted by atomic mass is 16.5. The number of rotatable bonds is 7. The molecule has 0 N–H and O–H groups in total. The van der Waals surface area contributed by atoms with Crippen LogP contribution in [0.2, 0.25) is 0 Å². The maximum atomic E-state index is 13.6. The van der Waals surface area contributed by atoms with Gasteiger partial charge in [0.05, 0.1) is 17.8 Å². The molecule has 31 heavy (non-hydrogen) atoms. The lowest BCUT2D eigenvalue weighted by Crippen LogP contribution is -2.28. The molecule has 0 saturated carbocycles. The molecule has 0 bridgehead atoms. The molecule has 0 radical (unpaired) electrons. The van der Waals surface area contributed by atoms with Crippen molar-refractivity contribution in [3.8, 4) is 11.3 Å². The second-order valence-corrected chi connectivity index (χ2v) is 7.98. The zero-order chi connectivity index (χ0) is 22.7. The molecule has 0 aliphatic carbocycles. The number of hydrogen-bond acceptors (Lipinski definition) is 4. The Morgan fingerprint density at radius 3 is 2.23 bits per heavy atom. The van der Waals surface area contributed by atoms with Crippen molar-refractivity contribution in [1.29, 1.82) is 0 Å². The zero-order valence-corrected chi connectivity index (χ0v) is 19.4. The van der Waals surface area contributed by atoms with Gasteiger partial charge in [-0.05, 0) is 75.7 Å². The first-order chi connectivity index (χ1) is 14.8. The van der Waals surface area contributed by atoms with Crippen molar-refractivity contribution in [1.82, 2.24) is 9.30 Å². The number of fused-ring (bicyclic) bond motifs is 1. The van der Waals surface area contributed by atoms with Crippen LogP contribution in [0.3, 0.4) is 0 Å². The molecule has 0 saturated heterocycles. The normalized spacial score (nSPS) is 11.3. The summed E-state index contributed by atoms with van der Waals surface area (Å²) in [6, 6.07) is 11.9. The van der Waals surface area contributed by atoms with Crippen LogP contribution in [-0.2, 0) is 11.3 Å². The first-order valence-corrected chi connectivity index (χ1v) is 11.0.